The van der Waals surface area contributed by atoms with Gasteiger partial charge >= 0.3 is 0 Å². The zero-order valence-electron chi connectivity index (χ0n) is 12.8. The Balaban J connectivity index is 2.38. The molecule has 2 aromatic carbocycles. The Morgan fingerprint density at radius 3 is 2.36 bits per heavy atom. The highest BCUT2D eigenvalue weighted by atomic mass is 19.1. The van der Waals surface area contributed by atoms with Gasteiger partial charge in [-0.15, -0.1) is 0 Å². The maximum absolute atomic E-state index is 13.1. The zero-order valence-corrected chi connectivity index (χ0v) is 12.8. The predicted octanol–water partition coefficient (Wildman–Crippen LogP) is 5.03. The molecule has 0 aliphatic rings. The summed E-state index contributed by atoms with van der Waals surface area (Å²) in [5.74, 6) is 0.228. The van der Waals surface area contributed by atoms with Crippen molar-refractivity contribution >= 4 is 11.0 Å². The van der Waals surface area contributed by atoms with E-state index in [1.807, 2.05) is 39.0 Å². The lowest BCUT2D eigenvalue weighted by molar-refractivity contribution is 0.601. The summed E-state index contributed by atoms with van der Waals surface area (Å²) in [6.45, 7) is 5.86. The van der Waals surface area contributed by atoms with Crippen molar-refractivity contribution in [2.24, 2.45) is 0 Å². The Morgan fingerprint density at radius 1 is 1.05 bits per heavy atom. The van der Waals surface area contributed by atoms with Crippen LogP contribution >= 0.6 is 0 Å². The van der Waals surface area contributed by atoms with E-state index in [2.05, 4.69) is 0 Å². The lowest BCUT2D eigenvalue weighted by atomic mass is 9.96. The smallest absolute Gasteiger partial charge is 0.196 e. The van der Waals surface area contributed by atoms with Gasteiger partial charge in [0, 0.05) is 11.1 Å². The molecule has 3 aromatic rings. The molecule has 0 amide bonds. The average Bonchev–Trinajstić information content (AvgIpc) is 2.48. The lowest BCUT2D eigenvalue weighted by Crippen LogP contribution is -2.12. The van der Waals surface area contributed by atoms with E-state index in [0.29, 0.717) is 27.9 Å². The first-order valence-electron chi connectivity index (χ1n) is 7.30. The van der Waals surface area contributed by atoms with E-state index in [9.17, 15) is 9.18 Å². The minimum Gasteiger partial charge on any atom is -0.456 e. The summed E-state index contributed by atoms with van der Waals surface area (Å²) >= 11 is 0. The summed E-state index contributed by atoms with van der Waals surface area (Å²) in [5.41, 5.74) is 2.90. The molecule has 0 unspecified atom stereocenters. The normalized spacial score (nSPS) is 11.3. The maximum Gasteiger partial charge on any atom is 0.196 e. The number of fused-ring (bicyclic) bond motifs is 1. The van der Waals surface area contributed by atoms with Gasteiger partial charge in [-0.1, -0.05) is 25.5 Å². The van der Waals surface area contributed by atoms with Gasteiger partial charge in [-0.25, -0.2) is 4.39 Å². The summed E-state index contributed by atoms with van der Waals surface area (Å²) in [4.78, 5) is 12.8. The molecule has 0 bridgehead atoms. The zero-order chi connectivity index (χ0) is 15.9. The highest BCUT2D eigenvalue weighted by Crippen LogP contribution is 2.30. The van der Waals surface area contributed by atoms with Crippen LogP contribution in [0, 0.1) is 12.7 Å². The molecule has 3 rings (SSSR count). The van der Waals surface area contributed by atoms with Crippen LogP contribution < -0.4 is 5.43 Å². The summed E-state index contributed by atoms with van der Waals surface area (Å²) in [6, 6.07) is 11.6. The summed E-state index contributed by atoms with van der Waals surface area (Å²) in [5, 5.41) is 0.592. The quantitative estimate of drug-likeness (QED) is 0.664. The molecule has 0 fully saturated rings. The van der Waals surface area contributed by atoms with E-state index in [-0.39, 0.29) is 17.2 Å². The van der Waals surface area contributed by atoms with Gasteiger partial charge < -0.3 is 4.42 Å². The first kappa shape index (κ1) is 14.5. The van der Waals surface area contributed by atoms with E-state index in [1.54, 1.807) is 12.1 Å². The molecule has 1 aromatic heterocycles. The third kappa shape index (κ3) is 2.43. The number of hydrogen-bond acceptors (Lipinski definition) is 2. The molecule has 3 heteroatoms. The van der Waals surface area contributed by atoms with Gasteiger partial charge in [-0.05, 0) is 49.2 Å². The van der Waals surface area contributed by atoms with Crippen molar-refractivity contribution in [3.63, 3.8) is 0 Å². The van der Waals surface area contributed by atoms with Gasteiger partial charge in [0.15, 0.2) is 5.43 Å². The van der Waals surface area contributed by atoms with Crippen LogP contribution in [0.25, 0.3) is 22.3 Å². The van der Waals surface area contributed by atoms with Crippen LogP contribution in [-0.2, 0) is 0 Å². The first-order valence-corrected chi connectivity index (χ1v) is 7.30. The van der Waals surface area contributed by atoms with Gasteiger partial charge in [0.2, 0.25) is 0 Å². The van der Waals surface area contributed by atoms with Crippen molar-refractivity contribution in [2.75, 3.05) is 0 Å². The topological polar surface area (TPSA) is 30.2 Å². The summed E-state index contributed by atoms with van der Waals surface area (Å²) in [7, 11) is 0. The van der Waals surface area contributed by atoms with E-state index < -0.39 is 0 Å². The summed E-state index contributed by atoms with van der Waals surface area (Å²) < 4.78 is 19.1. The molecule has 0 spiro atoms. The van der Waals surface area contributed by atoms with Crippen molar-refractivity contribution in [3.05, 3.63) is 69.6 Å². The minimum absolute atomic E-state index is 0.0146. The van der Waals surface area contributed by atoms with Gasteiger partial charge in [0.1, 0.15) is 17.2 Å². The van der Waals surface area contributed by atoms with E-state index in [1.165, 1.54) is 12.1 Å². The molecule has 22 heavy (non-hydrogen) atoms. The molecule has 0 aliphatic heterocycles. The monoisotopic (exact) mass is 296 g/mol. The SMILES string of the molecule is Cc1ccc2oc(-c3ccc(F)cc3)c(C(C)C)c(=O)c2c1. The minimum atomic E-state index is -0.311. The van der Waals surface area contributed by atoms with Gasteiger partial charge in [0.25, 0.3) is 0 Å². The van der Waals surface area contributed by atoms with Crippen molar-refractivity contribution < 1.29 is 8.81 Å². The molecule has 0 radical (unpaired) electrons. The van der Waals surface area contributed by atoms with E-state index >= 15 is 0 Å². The molecule has 1 heterocycles. The molecule has 2 nitrogen and oxygen atoms in total. The Hall–Kier alpha value is -2.42. The van der Waals surface area contributed by atoms with Crippen LogP contribution in [0.5, 0.6) is 0 Å². The molecule has 0 atom stereocenters. The lowest BCUT2D eigenvalue weighted by Gasteiger charge is -2.13. The first-order chi connectivity index (χ1) is 10.5. The number of benzene rings is 2. The molecule has 0 saturated heterocycles. The molecular weight excluding hydrogens is 279 g/mol. The standard InChI is InChI=1S/C19H17FO2/c1-11(2)17-18(21)15-10-12(3)4-9-16(15)22-19(17)13-5-7-14(20)8-6-13/h4-11H,1-3H3. The van der Waals surface area contributed by atoms with E-state index in [4.69, 9.17) is 4.42 Å². The Labute approximate surface area is 128 Å². The van der Waals surface area contributed by atoms with Crippen molar-refractivity contribution in [2.45, 2.75) is 26.7 Å². The second-order valence-electron chi connectivity index (χ2n) is 5.84. The second kappa shape index (κ2) is 5.41. The van der Waals surface area contributed by atoms with E-state index in [0.717, 1.165) is 5.56 Å². The molecular formula is C19H17FO2. The fourth-order valence-corrected chi connectivity index (χ4v) is 2.66. The number of aryl methyl sites for hydroxylation is 1. The molecule has 0 aliphatic carbocycles. The van der Waals surface area contributed by atoms with Crippen molar-refractivity contribution in [3.8, 4) is 11.3 Å². The fourth-order valence-electron chi connectivity index (χ4n) is 2.66. The number of rotatable bonds is 2. The number of halogens is 1. The Bertz CT molecular complexity index is 890. The Morgan fingerprint density at radius 2 is 1.73 bits per heavy atom. The highest BCUT2D eigenvalue weighted by Gasteiger charge is 2.18. The average molecular weight is 296 g/mol. The largest absolute Gasteiger partial charge is 0.456 e. The second-order valence-corrected chi connectivity index (χ2v) is 5.84. The van der Waals surface area contributed by atoms with Crippen LogP contribution in [0.15, 0.2) is 51.7 Å². The van der Waals surface area contributed by atoms with Gasteiger partial charge in [-0.3, -0.25) is 4.79 Å². The fraction of sp³-hybridized carbons (Fsp3) is 0.211. The van der Waals surface area contributed by atoms with Crippen molar-refractivity contribution in [1.82, 2.24) is 0 Å². The van der Waals surface area contributed by atoms with Crippen LogP contribution in [0.4, 0.5) is 4.39 Å². The van der Waals surface area contributed by atoms with Crippen LogP contribution in [0.1, 0.15) is 30.9 Å². The number of hydrogen-bond donors (Lipinski definition) is 0. The maximum atomic E-state index is 13.1. The third-order valence-electron chi connectivity index (χ3n) is 3.76. The highest BCUT2D eigenvalue weighted by molar-refractivity contribution is 5.81. The third-order valence-corrected chi connectivity index (χ3v) is 3.76. The Kier molecular flexibility index (Phi) is 3.57. The van der Waals surface area contributed by atoms with Gasteiger partial charge in [0.05, 0.1) is 5.39 Å². The predicted molar refractivity (Wildman–Crippen MR) is 86.7 cm³/mol. The van der Waals surface area contributed by atoms with Crippen molar-refractivity contribution in [1.29, 1.82) is 0 Å². The summed E-state index contributed by atoms with van der Waals surface area (Å²) in [6.07, 6.45) is 0. The molecule has 112 valence electrons. The molecule has 0 N–H and O–H groups in total. The van der Waals surface area contributed by atoms with Gasteiger partial charge in [-0.2, -0.15) is 0 Å². The van der Waals surface area contributed by atoms with Crippen LogP contribution in [0.2, 0.25) is 0 Å². The molecule has 0 saturated carbocycles. The van der Waals surface area contributed by atoms with Crippen LogP contribution in [-0.4, -0.2) is 0 Å². The van der Waals surface area contributed by atoms with Crippen LogP contribution in [0.3, 0.4) is 0 Å².